The topological polar surface area (TPSA) is 499 Å². The number of piperidine rings is 1. The van der Waals surface area contributed by atoms with Gasteiger partial charge in [-0.1, -0.05) is 69.4 Å². The molecule has 3 fully saturated rings. The highest BCUT2D eigenvalue weighted by Crippen LogP contribution is 2.40. The van der Waals surface area contributed by atoms with Crippen LogP contribution in [0.4, 0.5) is 11.8 Å². The monoisotopic (exact) mass is 1780 g/mol. The van der Waals surface area contributed by atoms with Gasteiger partial charge in [0.2, 0.25) is 23.5 Å². The third kappa shape index (κ3) is 31.2. The first-order chi connectivity index (χ1) is 61.2. The minimum atomic E-state index is -2.48. The number of cyclic esters (lactones) is 1. The molecule has 5 aromatic rings. The second-order valence-corrected chi connectivity index (χ2v) is 33.7. The Hall–Kier alpha value is -8.93. The minimum Gasteiger partial charge on any atom is -0.459 e. The number of nitrogens with one attached hydrogen (secondary N) is 3. The van der Waals surface area contributed by atoms with Crippen LogP contribution in [-0.2, 0) is 98.6 Å². The molecular weight excluding hydrogens is 1640 g/mol. The lowest BCUT2D eigenvalue weighted by Crippen LogP contribution is -2.61. The van der Waals surface area contributed by atoms with Crippen LogP contribution >= 0.6 is 0 Å². The molecule has 16 atom stereocenters. The van der Waals surface area contributed by atoms with Gasteiger partial charge < -0.3 is 110 Å². The zero-order valence-electron chi connectivity index (χ0n) is 75.3. The van der Waals surface area contributed by atoms with Crippen molar-refractivity contribution in [1.82, 2.24) is 60.6 Å². The molecule has 127 heavy (non-hydrogen) atoms. The van der Waals surface area contributed by atoms with Crippen molar-refractivity contribution in [3.63, 3.8) is 0 Å². The Morgan fingerprint density at radius 2 is 1.35 bits per heavy atom. The summed E-state index contributed by atoms with van der Waals surface area (Å²) in [7, 11) is 4.72. The predicted octanol–water partition coefficient (Wildman–Crippen LogP) is 6.28. The molecule has 37 heteroatoms. The number of nitrogens with zero attached hydrogens (tertiary/aromatic N) is 9. The number of Topliss-reactive ketones (excluding diaryl/α,β-unsaturated/α-hetero) is 2. The number of aromatic nitrogens is 8. The van der Waals surface area contributed by atoms with E-state index >= 15 is 0 Å². The lowest BCUT2D eigenvalue weighted by molar-refractivity contribution is -0.265. The fourth-order valence-electron chi connectivity index (χ4n) is 16.7. The first-order valence-corrected chi connectivity index (χ1v) is 44.9. The van der Waals surface area contributed by atoms with Crippen LogP contribution in [0.5, 0.6) is 0 Å². The maximum atomic E-state index is 14.9. The van der Waals surface area contributed by atoms with E-state index in [2.05, 4.69) is 41.2 Å². The molecule has 9 rings (SSSR count). The number of nitrogens with two attached hydrogens (primary N) is 3. The van der Waals surface area contributed by atoms with Crippen LogP contribution in [0.15, 0.2) is 82.7 Å². The van der Waals surface area contributed by atoms with Gasteiger partial charge in [-0.15, -0.1) is 5.10 Å². The van der Waals surface area contributed by atoms with E-state index in [1.54, 1.807) is 51.8 Å². The van der Waals surface area contributed by atoms with Gasteiger partial charge in [-0.2, -0.15) is 10.1 Å². The highest BCUT2D eigenvalue weighted by molar-refractivity contribution is 6.39. The van der Waals surface area contributed by atoms with Crippen LogP contribution in [0.3, 0.4) is 0 Å². The number of nitrogen functional groups attached to an aromatic ring is 2. The predicted molar refractivity (Wildman–Crippen MR) is 471 cm³/mol. The maximum Gasteiger partial charge on any atom is 0.329 e. The smallest absolute Gasteiger partial charge is 0.329 e. The third-order valence-electron chi connectivity index (χ3n) is 24.1. The number of ketones is 2. The van der Waals surface area contributed by atoms with Crippen molar-refractivity contribution in [1.29, 1.82) is 0 Å². The number of benzene rings is 1. The Labute approximate surface area is 743 Å². The molecular formula is C90H137N15O22. The Morgan fingerprint density at radius 3 is 2.03 bits per heavy atom. The van der Waals surface area contributed by atoms with Gasteiger partial charge in [-0.3, -0.25) is 28.8 Å². The van der Waals surface area contributed by atoms with Crippen molar-refractivity contribution in [2.45, 2.75) is 237 Å². The summed E-state index contributed by atoms with van der Waals surface area (Å²) in [6, 6.07) is 3.39. The van der Waals surface area contributed by atoms with E-state index in [-0.39, 0.29) is 106 Å². The van der Waals surface area contributed by atoms with Crippen molar-refractivity contribution in [3.8, 4) is 11.3 Å². The van der Waals surface area contributed by atoms with E-state index in [0.717, 1.165) is 23.3 Å². The summed E-state index contributed by atoms with van der Waals surface area (Å²) in [6.07, 6.45) is 16.5. The molecule has 1 aromatic carbocycles. The number of amides is 4. The minimum absolute atomic E-state index is 0.0149. The number of carbonyl (C=O) groups excluding carboxylic acids is 7. The van der Waals surface area contributed by atoms with E-state index in [0.29, 0.717) is 209 Å². The number of hydrogen-bond donors (Lipinski definition) is 9. The molecule has 37 nitrogen and oxygen atoms in total. The zero-order valence-corrected chi connectivity index (χ0v) is 75.3. The van der Waals surface area contributed by atoms with Crippen LogP contribution in [0.2, 0.25) is 0 Å². The van der Waals surface area contributed by atoms with Crippen molar-refractivity contribution in [3.05, 3.63) is 84.0 Å². The largest absolute Gasteiger partial charge is 0.459 e. The number of esters is 1. The molecule has 0 spiro atoms. The number of anilines is 2. The van der Waals surface area contributed by atoms with Gasteiger partial charge in [-0.25, -0.2) is 24.1 Å². The van der Waals surface area contributed by atoms with Gasteiger partial charge in [0.15, 0.2) is 17.0 Å². The Balaban J connectivity index is 0.610. The summed E-state index contributed by atoms with van der Waals surface area (Å²) in [5.41, 5.74) is 24.3. The summed E-state index contributed by atoms with van der Waals surface area (Å²) in [6.45, 7) is 16.3. The number of oxazole rings is 1. The second kappa shape index (κ2) is 52.7. The summed E-state index contributed by atoms with van der Waals surface area (Å²) in [5, 5.41) is 58.0. The van der Waals surface area contributed by atoms with Gasteiger partial charge in [0.05, 0.1) is 121 Å². The fourth-order valence-corrected chi connectivity index (χ4v) is 16.7. The molecule has 1 saturated carbocycles. The zero-order chi connectivity index (χ0) is 91.4. The molecule has 2 saturated heterocycles. The molecule has 1 aliphatic carbocycles. The molecule has 0 unspecified atom stereocenters. The average Bonchev–Trinajstić information content (AvgIpc) is 1.57. The van der Waals surface area contributed by atoms with Crippen molar-refractivity contribution in [2.24, 2.45) is 35.3 Å². The third-order valence-corrected chi connectivity index (χ3v) is 24.1. The van der Waals surface area contributed by atoms with E-state index in [1.165, 1.54) is 18.3 Å². The van der Waals surface area contributed by atoms with Crippen molar-refractivity contribution in [2.75, 3.05) is 138 Å². The van der Waals surface area contributed by atoms with Crippen molar-refractivity contribution >= 4 is 75.1 Å². The van der Waals surface area contributed by atoms with E-state index in [1.807, 2.05) is 74.2 Å². The summed E-state index contributed by atoms with van der Waals surface area (Å²) < 4.78 is 73.3. The number of rotatable bonds is 41. The summed E-state index contributed by atoms with van der Waals surface area (Å²) in [4.78, 5) is 109. The summed E-state index contributed by atoms with van der Waals surface area (Å²) in [5.74, 6) is -7.92. The van der Waals surface area contributed by atoms with E-state index in [9.17, 15) is 48.9 Å². The number of hydrogen-bond acceptors (Lipinski definition) is 31. The number of unbranched alkanes of at least 4 members (excludes halogenated alkanes) is 1. The molecule has 4 amide bonds. The first-order valence-electron chi connectivity index (χ1n) is 44.9. The number of carbonyl (C=O) groups is 7. The first kappa shape index (κ1) is 102. The molecule has 0 radical (unpaired) electrons. The van der Waals surface area contributed by atoms with Crippen LogP contribution in [0.1, 0.15) is 169 Å². The Bertz CT molecular complexity index is 4420. The van der Waals surface area contributed by atoms with Gasteiger partial charge in [0.25, 0.3) is 17.7 Å². The number of fused-ring (bicyclic) bond motifs is 5. The van der Waals surface area contributed by atoms with Crippen LogP contribution in [0.25, 0.3) is 33.4 Å². The number of methoxy groups -OCH3 is 3. The molecule has 4 aromatic heterocycles. The molecule has 4 aliphatic rings. The van der Waals surface area contributed by atoms with Crippen LogP contribution < -0.4 is 33.2 Å². The number of aliphatic hydroxyl groups is 3. The number of aliphatic hydroxyl groups excluding tert-OH is 2. The Kier molecular flexibility index (Phi) is 42.2. The highest BCUT2D eigenvalue weighted by atomic mass is 16.6. The fraction of sp³-hybridized carbons (Fsp3) is 0.678. The maximum absolute atomic E-state index is 14.9. The van der Waals surface area contributed by atoms with Crippen LogP contribution in [-0.4, -0.2) is 288 Å². The van der Waals surface area contributed by atoms with Gasteiger partial charge >= 0.3 is 5.97 Å². The lowest BCUT2D eigenvalue weighted by Gasteiger charge is -2.43. The highest BCUT2D eigenvalue weighted by Gasteiger charge is 2.53. The van der Waals surface area contributed by atoms with Gasteiger partial charge in [-0.05, 0) is 145 Å². The van der Waals surface area contributed by atoms with Gasteiger partial charge in [0, 0.05) is 122 Å². The Morgan fingerprint density at radius 1 is 0.693 bits per heavy atom. The molecule has 3 aliphatic heterocycles. The SMILES string of the molecule is CO[C@H]1C[C@@H]2CC[C@@H](C)[C@@](O)(O2)C(=O)C(=O)N2CCCC[C@H]2C(=O)O[C@H]([C@H](N)C[C@@H]2CC[C@H](n3cc(CCCC(=O)NCCOCCOCCOCCC(=O)NCCOCCOCCOCCC(=O)NCCCCn4nc(-c5ccc6oc(N)nc6c5)c5c(N)ncnc54)nn3)[C@H](OC)C2)C[C@@H](OC)[C@H](C)/C=C(\C)[C@@H](O)[C@@H](O)C(=O)[C@H](C)C[C@H](C)/C=C/C=CC=C1C. The van der Waals surface area contributed by atoms with E-state index < -0.39 is 95.7 Å². The van der Waals surface area contributed by atoms with E-state index in [4.69, 9.17) is 78.8 Å². The van der Waals surface area contributed by atoms with Crippen molar-refractivity contribution < 1.29 is 105 Å². The normalized spacial score (nSPS) is 26.3. The number of ether oxygens (including phenoxy) is 11. The summed E-state index contributed by atoms with van der Waals surface area (Å²) >= 11 is 0. The molecule has 704 valence electrons. The van der Waals surface area contributed by atoms with Crippen LogP contribution in [0, 0.1) is 29.6 Å². The molecule has 2 bridgehead atoms. The quantitative estimate of drug-likeness (QED) is 0.00899. The molecule has 12 N–H and O–H groups in total. The lowest BCUT2D eigenvalue weighted by atomic mass is 9.79. The number of aryl methyl sites for hydroxylation is 2. The second-order valence-electron chi connectivity index (χ2n) is 33.7. The van der Waals surface area contributed by atoms with Gasteiger partial charge in [0.1, 0.15) is 47.7 Å². The molecule has 7 heterocycles. The number of allylic oxidation sites excluding steroid dienone is 5. The standard InChI is InChI=1S/C90H137N15O22/c1-57-18-11-10-12-19-58(2)72(116-7)53-66-26-23-62(6)90(115,127-66)84(112)87(113)103-34-15-13-21-70(103)88(114)125-74(54-73(117-8)59(3)49-61(5)82(110)83(111)81(109)60(4)48-57)67(91)50-63-24-27-69(75(51-63)118-9)105-55-65(100-102-105)20-17-22-76(106)95-32-38-121-42-46-124-45-41-120-37-30-78(108)96-33-39-122-43-47-123-44-40-119-36-29-77(107)94-31-14-16-35-104-86-79(85(92)97-56-98-86)80(101-104)64-25-28-71-68(52-64)99-89(93)126-71/h10-12,18-19,25,28,49,52,55-57,59-60,62-63,66-67,69-70,72-75,82-83,110-111,115H,13-17,20-24,26-27,29-48,50-51,53-54,91H2,1-9H3,(H2,93,99)(H,94,107)(H,95,106)(H,96,108)(H2,92,97,98)/b12-10?,18-11+,58-19?,61-49+/t57-,59-,60-,62-,63+,66+,67-,69+,70+,72+,73-,74+,75-,82-,83+,90-/m1/s1. The average molecular weight is 1780 g/mol.